The number of hydrogen-bond donors (Lipinski definition) is 1. The van der Waals surface area contributed by atoms with Gasteiger partial charge in [-0.15, -0.1) is 11.3 Å². The van der Waals surface area contributed by atoms with E-state index in [-0.39, 0.29) is 11.9 Å². The number of methoxy groups -OCH3 is 1. The van der Waals surface area contributed by atoms with Crippen molar-refractivity contribution in [2.75, 3.05) is 43.5 Å². The van der Waals surface area contributed by atoms with Crippen molar-refractivity contribution in [3.8, 4) is 0 Å². The number of ether oxygens (including phenoxy) is 1. The fourth-order valence-electron chi connectivity index (χ4n) is 4.82. The van der Waals surface area contributed by atoms with Gasteiger partial charge in [0.2, 0.25) is 5.91 Å². The lowest BCUT2D eigenvalue weighted by Gasteiger charge is -2.41. The molecule has 2 aromatic rings. The number of rotatable bonds is 5. The molecular formula is C25H33N3O3S. The summed E-state index contributed by atoms with van der Waals surface area (Å²) in [4.78, 5) is 31.2. The van der Waals surface area contributed by atoms with Gasteiger partial charge in [0.15, 0.2) is 0 Å². The molecule has 2 atom stereocenters. The van der Waals surface area contributed by atoms with Gasteiger partial charge in [0.05, 0.1) is 19.2 Å². The third-order valence-electron chi connectivity index (χ3n) is 6.60. The van der Waals surface area contributed by atoms with E-state index in [0.29, 0.717) is 29.1 Å². The predicted molar refractivity (Wildman–Crippen MR) is 130 cm³/mol. The number of thiophene rings is 1. The lowest BCUT2D eigenvalue weighted by Crippen LogP contribution is -2.53. The number of hydrogen-bond acceptors (Lipinski definition) is 6. The van der Waals surface area contributed by atoms with Crippen LogP contribution in [0, 0.1) is 12.8 Å². The SMILES string of the molecule is COC(=O)c1c(NC(=O)CN2CCN(c3ccc(C)cc3)C(C)C2)sc2c1CCC(C)C2. The average Bonchev–Trinajstić information content (AvgIpc) is 3.10. The lowest BCUT2D eigenvalue weighted by molar-refractivity contribution is -0.117. The first-order chi connectivity index (χ1) is 15.4. The van der Waals surface area contributed by atoms with Gasteiger partial charge in [0.25, 0.3) is 0 Å². The monoisotopic (exact) mass is 455 g/mol. The number of aryl methyl sites for hydroxylation is 1. The quantitative estimate of drug-likeness (QED) is 0.688. The van der Waals surface area contributed by atoms with Crippen molar-refractivity contribution < 1.29 is 14.3 Å². The standard InChI is InChI=1S/C25H33N3O3S/c1-16-5-8-19(9-6-16)28-12-11-27(14-18(28)3)15-22(29)26-24-23(25(30)31-4)20-10-7-17(2)13-21(20)32-24/h5-6,8-9,17-18H,7,10-15H2,1-4H3,(H,26,29). The lowest BCUT2D eigenvalue weighted by atomic mass is 9.88. The van der Waals surface area contributed by atoms with Gasteiger partial charge in [-0.25, -0.2) is 4.79 Å². The molecule has 1 amide bonds. The average molecular weight is 456 g/mol. The van der Waals surface area contributed by atoms with Gasteiger partial charge < -0.3 is 15.0 Å². The molecule has 0 radical (unpaired) electrons. The molecule has 4 rings (SSSR count). The maximum atomic E-state index is 12.9. The third kappa shape index (κ3) is 4.84. The second kappa shape index (κ2) is 9.63. The molecule has 1 fully saturated rings. The number of esters is 1. The van der Waals surface area contributed by atoms with E-state index in [0.717, 1.165) is 44.5 Å². The van der Waals surface area contributed by atoms with Crippen LogP contribution in [0.2, 0.25) is 0 Å². The minimum absolute atomic E-state index is 0.0715. The Morgan fingerprint density at radius 2 is 1.94 bits per heavy atom. The predicted octanol–water partition coefficient (Wildman–Crippen LogP) is 4.12. The summed E-state index contributed by atoms with van der Waals surface area (Å²) >= 11 is 1.54. The van der Waals surface area contributed by atoms with E-state index in [9.17, 15) is 9.59 Å². The maximum absolute atomic E-state index is 12.9. The second-order valence-corrected chi connectivity index (χ2v) is 10.3. The highest BCUT2D eigenvalue weighted by Gasteiger charge is 2.30. The van der Waals surface area contributed by atoms with E-state index in [4.69, 9.17) is 4.74 Å². The van der Waals surface area contributed by atoms with Gasteiger partial charge in [0, 0.05) is 36.2 Å². The molecule has 1 N–H and O–H groups in total. The summed E-state index contributed by atoms with van der Waals surface area (Å²) in [7, 11) is 1.40. The van der Waals surface area contributed by atoms with Crippen LogP contribution >= 0.6 is 11.3 Å². The Balaban J connectivity index is 1.40. The fraction of sp³-hybridized carbons (Fsp3) is 0.520. The number of amides is 1. The summed E-state index contributed by atoms with van der Waals surface area (Å²) < 4.78 is 5.04. The Morgan fingerprint density at radius 3 is 2.62 bits per heavy atom. The smallest absolute Gasteiger partial charge is 0.341 e. The highest BCUT2D eigenvalue weighted by molar-refractivity contribution is 7.17. The van der Waals surface area contributed by atoms with Crippen molar-refractivity contribution in [2.24, 2.45) is 5.92 Å². The van der Waals surface area contributed by atoms with E-state index in [1.54, 1.807) is 0 Å². The first-order valence-electron chi connectivity index (χ1n) is 11.4. The van der Waals surface area contributed by atoms with Crippen LogP contribution in [0.25, 0.3) is 0 Å². The number of anilines is 2. The van der Waals surface area contributed by atoms with E-state index < -0.39 is 0 Å². The summed E-state index contributed by atoms with van der Waals surface area (Å²) in [6.45, 7) is 9.39. The van der Waals surface area contributed by atoms with E-state index >= 15 is 0 Å². The highest BCUT2D eigenvalue weighted by Crippen LogP contribution is 2.40. The molecule has 1 aromatic carbocycles. The molecule has 1 saturated heterocycles. The molecule has 2 aliphatic rings. The van der Waals surface area contributed by atoms with Gasteiger partial charge >= 0.3 is 5.97 Å². The van der Waals surface area contributed by atoms with Gasteiger partial charge in [-0.3, -0.25) is 9.69 Å². The van der Waals surface area contributed by atoms with Crippen LogP contribution in [0.5, 0.6) is 0 Å². The molecule has 6 nitrogen and oxygen atoms in total. The topological polar surface area (TPSA) is 61.9 Å². The molecule has 2 unspecified atom stereocenters. The van der Waals surface area contributed by atoms with Gasteiger partial charge in [-0.05, 0) is 56.7 Å². The molecule has 32 heavy (non-hydrogen) atoms. The van der Waals surface area contributed by atoms with Crippen LogP contribution in [-0.2, 0) is 22.4 Å². The van der Waals surface area contributed by atoms with Gasteiger partial charge in [0.1, 0.15) is 5.00 Å². The minimum Gasteiger partial charge on any atom is -0.465 e. The molecule has 0 bridgehead atoms. The Bertz CT molecular complexity index is 985. The Hall–Kier alpha value is -2.38. The summed E-state index contributed by atoms with van der Waals surface area (Å²) in [5, 5.41) is 3.68. The molecule has 1 aromatic heterocycles. The molecule has 1 aliphatic carbocycles. The van der Waals surface area contributed by atoms with Crippen molar-refractivity contribution in [1.82, 2.24) is 4.90 Å². The number of nitrogens with one attached hydrogen (secondary N) is 1. The summed E-state index contributed by atoms with van der Waals surface area (Å²) in [5.74, 6) is 0.173. The molecule has 2 heterocycles. The summed E-state index contributed by atoms with van der Waals surface area (Å²) in [6.07, 6.45) is 2.88. The molecule has 0 saturated carbocycles. The minimum atomic E-state index is -0.354. The van der Waals surface area contributed by atoms with E-state index in [1.165, 1.54) is 34.6 Å². The third-order valence-corrected chi connectivity index (χ3v) is 7.77. The summed E-state index contributed by atoms with van der Waals surface area (Å²) in [5.41, 5.74) is 4.11. The van der Waals surface area contributed by atoms with Gasteiger partial charge in [-0.1, -0.05) is 24.6 Å². The first-order valence-corrected chi connectivity index (χ1v) is 12.3. The zero-order valence-corrected chi connectivity index (χ0v) is 20.3. The second-order valence-electron chi connectivity index (χ2n) is 9.21. The Morgan fingerprint density at radius 1 is 1.19 bits per heavy atom. The number of piperazine rings is 1. The van der Waals surface area contributed by atoms with Crippen LogP contribution in [0.3, 0.4) is 0 Å². The Kier molecular flexibility index (Phi) is 6.86. The largest absolute Gasteiger partial charge is 0.465 e. The zero-order valence-electron chi connectivity index (χ0n) is 19.4. The van der Waals surface area contributed by atoms with Crippen molar-refractivity contribution >= 4 is 33.9 Å². The van der Waals surface area contributed by atoms with Crippen LogP contribution in [0.1, 0.15) is 46.6 Å². The number of fused-ring (bicyclic) bond motifs is 1. The highest BCUT2D eigenvalue weighted by atomic mass is 32.1. The van der Waals surface area contributed by atoms with E-state index in [1.807, 2.05) is 0 Å². The van der Waals surface area contributed by atoms with Crippen molar-refractivity contribution in [2.45, 2.75) is 46.1 Å². The molecule has 0 spiro atoms. The summed E-state index contributed by atoms with van der Waals surface area (Å²) in [6, 6.07) is 8.94. The molecular weight excluding hydrogens is 422 g/mol. The Labute approximate surface area is 194 Å². The molecule has 7 heteroatoms. The molecule has 172 valence electrons. The number of nitrogens with zero attached hydrogens (tertiary/aromatic N) is 2. The maximum Gasteiger partial charge on any atom is 0.341 e. The van der Waals surface area contributed by atoms with E-state index in [2.05, 4.69) is 60.2 Å². The van der Waals surface area contributed by atoms with Crippen LogP contribution < -0.4 is 10.2 Å². The van der Waals surface area contributed by atoms with Crippen molar-refractivity contribution in [3.63, 3.8) is 0 Å². The van der Waals surface area contributed by atoms with Crippen LogP contribution in [0.15, 0.2) is 24.3 Å². The van der Waals surface area contributed by atoms with Crippen molar-refractivity contribution in [1.29, 1.82) is 0 Å². The van der Waals surface area contributed by atoms with Gasteiger partial charge in [-0.2, -0.15) is 0 Å². The number of carbonyl (C=O) groups is 2. The number of benzene rings is 1. The van der Waals surface area contributed by atoms with Crippen molar-refractivity contribution in [3.05, 3.63) is 45.8 Å². The molecule has 1 aliphatic heterocycles. The first kappa shape index (κ1) is 22.8. The number of carbonyl (C=O) groups excluding carboxylic acids is 2. The normalized spacial score (nSPS) is 21.2. The van der Waals surface area contributed by atoms with Crippen LogP contribution in [-0.4, -0.2) is 56.1 Å². The zero-order chi connectivity index (χ0) is 22.8. The van der Waals surface area contributed by atoms with Crippen LogP contribution in [0.4, 0.5) is 10.7 Å². The fourth-order valence-corrected chi connectivity index (χ4v) is 6.24.